The molecule has 0 atom stereocenters. The van der Waals surface area contributed by atoms with E-state index in [1.54, 1.807) is 7.11 Å². The molecular formula is C31H34N4O3S. The molecule has 39 heavy (non-hydrogen) atoms. The van der Waals surface area contributed by atoms with Crippen LogP contribution in [-0.4, -0.2) is 47.9 Å². The van der Waals surface area contributed by atoms with Gasteiger partial charge in [0, 0.05) is 52.8 Å². The fraction of sp³-hybridized carbons (Fsp3) is 0.355. The van der Waals surface area contributed by atoms with E-state index in [1.165, 1.54) is 42.3 Å². The molecule has 3 heterocycles. The van der Waals surface area contributed by atoms with E-state index in [2.05, 4.69) is 26.7 Å². The predicted octanol–water partition coefficient (Wildman–Crippen LogP) is 5.67. The minimum atomic E-state index is -0.133. The Morgan fingerprint density at radius 2 is 1.85 bits per heavy atom. The number of carbonyl (C=O) groups excluding carboxylic acids is 2. The lowest BCUT2D eigenvalue weighted by Gasteiger charge is -2.24. The third-order valence-corrected chi connectivity index (χ3v) is 8.78. The second kappa shape index (κ2) is 10.9. The van der Waals surface area contributed by atoms with Gasteiger partial charge in [-0.1, -0.05) is 37.5 Å². The monoisotopic (exact) mass is 542 g/mol. The molecule has 1 fully saturated rings. The van der Waals surface area contributed by atoms with Crippen LogP contribution in [0.5, 0.6) is 5.75 Å². The number of methoxy groups -OCH3 is 1. The molecule has 0 saturated heterocycles. The van der Waals surface area contributed by atoms with Crippen molar-refractivity contribution in [1.29, 1.82) is 0 Å². The third-order valence-electron chi connectivity index (χ3n) is 8.05. The summed E-state index contributed by atoms with van der Waals surface area (Å²) in [5.41, 5.74) is 6.84. The molecule has 8 heteroatoms. The molecule has 7 nitrogen and oxygen atoms in total. The number of rotatable bonds is 2. The zero-order valence-corrected chi connectivity index (χ0v) is 23.3. The van der Waals surface area contributed by atoms with Crippen LogP contribution in [0.2, 0.25) is 0 Å². The van der Waals surface area contributed by atoms with Crippen LogP contribution in [0.1, 0.15) is 59.5 Å². The first kappa shape index (κ1) is 25.8. The number of carbonyl (C=O) groups is 2. The number of benzene rings is 2. The maximum atomic E-state index is 13.5. The minimum Gasteiger partial charge on any atom is -0.497 e. The summed E-state index contributed by atoms with van der Waals surface area (Å²) in [4.78, 5) is 26.7. The van der Waals surface area contributed by atoms with Gasteiger partial charge in [0.05, 0.1) is 19.3 Å². The van der Waals surface area contributed by atoms with Gasteiger partial charge in [0.15, 0.2) is 0 Å². The molecule has 0 radical (unpaired) electrons. The fourth-order valence-electron chi connectivity index (χ4n) is 6.11. The molecule has 4 bridgehead atoms. The van der Waals surface area contributed by atoms with Crippen LogP contribution in [0.4, 0.5) is 0 Å². The SMILES string of the molecule is COc1ccc2c(c1)C=C1Cn3c-2c(C2CCCCC2)c2ccc(cc23)C(=O)NSN(C)C/C=C/CNC1=O. The highest BCUT2D eigenvalue weighted by Gasteiger charge is 2.30. The van der Waals surface area contributed by atoms with Crippen molar-refractivity contribution in [3.8, 4) is 17.0 Å². The van der Waals surface area contributed by atoms with Crippen molar-refractivity contribution in [2.45, 2.75) is 44.6 Å². The molecule has 3 aliphatic rings. The van der Waals surface area contributed by atoms with Crippen molar-refractivity contribution in [3.05, 3.63) is 70.8 Å². The number of hydrogen-bond donors (Lipinski definition) is 2. The molecule has 202 valence electrons. The number of nitrogens with one attached hydrogen (secondary N) is 2. The lowest BCUT2D eigenvalue weighted by atomic mass is 9.81. The first-order valence-electron chi connectivity index (χ1n) is 13.7. The Hall–Kier alpha value is -3.49. The molecule has 2 N–H and O–H groups in total. The molecule has 1 aliphatic carbocycles. The maximum Gasteiger partial charge on any atom is 0.262 e. The number of amides is 2. The van der Waals surface area contributed by atoms with Gasteiger partial charge in [0.1, 0.15) is 5.75 Å². The normalized spacial score (nSPS) is 19.8. The van der Waals surface area contributed by atoms with Gasteiger partial charge in [-0.05, 0) is 73.3 Å². The van der Waals surface area contributed by atoms with Crippen molar-refractivity contribution in [3.63, 3.8) is 0 Å². The highest BCUT2D eigenvalue weighted by molar-refractivity contribution is 7.95. The van der Waals surface area contributed by atoms with E-state index >= 15 is 0 Å². The molecule has 1 saturated carbocycles. The standard InChI is InChI=1S/C31H34N4O3S/c1-34-15-7-6-14-32-30(36)23-16-22-17-24(38-2)11-13-25(22)29-28(20-8-4-3-5-9-20)26-12-10-21(31(37)33-39-34)18-27(26)35(29)19-23/h6-7,10-13,16-18,20H,3-5,8-9,14-15,19H2,1-2H3,(H,32,36)(H,33,37)/b7-6+. The molecule has 2 amide bonds. The van der Waals surface area contributed by atoms with Gasteiger partial charge in [0.25, 0.3) is 5.91 Å². The smallest absolute Gasteiger partial charge is 0.262 e. The summed E-state index contributed by atoms with van der Waals surface area (Å²) in [6, 6.07) is 12.2. The van der Waals surface area contributed by atoms with E-state index in [-0.39, 0.29) is 11.8 Å². The number of nitrogens with zero attached hydrogens (tertiary/aromatic N) is 2. The molecule has 2 aliphatic heterocycles. The van der Waals surface area contributed by atoms with Crippen LogP contribution in [0.15, 0.2) is 54.1 Å². The number of hydrogen-bond acceptors (Lipinski definition) is 5. The van der Waals surface area contributed by atoms with E-state index in [9.17, 15) is 9.59 Å². The van der Waals surface area contributed by atoms with Crippen LogP contribution >= 0.6 is 12.1 Å². The van der Waals surface area contributed by atoms with Crippen LogP contribution in [-0.2, 0) is 11.3 Å². The van der Waals surface area contributed by atoms with E-state index in [1.807, 2.05) is 53.8 Å². The van der Waals surface area contributed by atoms with Crippen LogP contribution in [0, 0.1) is 0 Å². The molecule has 3 aromatic rings. The largest absolute Gasteiger partial charge is 0.497 e. The first-order valence-corrected chi connectivity index (χ1v) is 14.5. The Morgan fingerprint density at radius 1 is 1.00 bits per heavy atom. The van der Waals surface area contributed by atoms with E-state index in [0.29, 0.717) is 36.7 Å². The summed E-state index contributed by atoms with van der Waals surface area (Å²) in [6.45, 7) is 1.49. The quantitative estimate of drug-likeness (QED) is 0.322. The molecule has 1 aromatic heterocycles. The molecule has 0 unspecified atom stereocenters. The highest BCUT2D eigenvalue weighted by atomic mass is 32.2. The summed E-state index contributed by atoms with van der Waals surface area (Å²) in [5.74, 6) is 0.972. The summed E-state index contributed by atoms with van der Waals surface area (Å²) in [7, 11) is 3.59. The maximum absolute atomic E-state index is 13.5. The molecular weight excluding hydrogens is 508 g/mol. The average Bonchev–Trinajstić information content (AvgIpc) is 3.17. The molecule has 2 aromatic carbocycles. The topological polar surface area (TPSA) is 75.6 Å². The number of fused-ring (bicyclic) bond motifs is 4. The fourth-order valence-corrected chi connectivity index (χ4v) is 6.62. The summed E-state index contributed by atoms with van der Waals surface area (Å²) in [5, 5.41) is 4.25. The van der Waals surface area contributed by atoms with Crippen molar-refractivity contribution in [2.75, 3.05) is 27.2 Å². The van der Waals surface area contributed by atoms with Gasteiger partial charge in [-0.2, -0.15) is 0 Å². The van der Waals surface area contributed by atoms with Gasteiger partial charge in [-0.25, -0.2) is 4.31 Å². The van der Waals surface area contributed by atoms with Gasteiger partial charge in [-0.3, -0.25) is 14.3 Å². The Labute approximate surface area is 233 Å². The second-order valence-electron chi connectivity index (χ2n) is 10.6. The second-order valence-corrected chi connectivity index (χ2v) is 11.6. The number of likely N-dealkylation sites (N-methyl/N-ethyl adjacent to an activating group) is 1. The predicted molar refractivity (Wildman–Crippen MR) is 158 cm³/mol. The summed E-state index contributed by atoms with van der Waals surface area (Å²) >= 11 is 1.27. The van der Waals surface area contributed by atoms with Crippen LogP contribution < -0.4 is 14.8 Å². The lowest BCUT2D eigenvalue weighted by molar-refractivity contribution is -0.117. The van der Waals surface area contributed by atoms with Gasteiger partial charge < -0.3 is 14.6 Å². The first-order chi connectivity index (χ1) is 19.0. The van der Waals surface area contributed by atoms with Gasteiger partial charge >= 0.3 is 0 Å². The molecule has 0 spiro atoms. The summed E-state index contributed by atoms with van der Waals surface area (Å²) < 4.78 is 12.8. The zero-order chi connectivity index (χ0) is 26.9. The highest BCUT2D eigenvalue weighted by Crippen LogP contribution is 2.47. The minimum absolute atomic E-state index is 0.0916. The van der Waals surface area contributed by atoms with E-state index in [4.69, 9.17) is 4.74 Å². The van der Waals surface area contributed by atoms with Gasteiger partial charge in [0.2, 0.25) is 5.91 Å². The Balaban J connectivity index is 1.61. The zero-order valence-electron chi connectivity index (χ0n) is 22.5. The average molecular weight is 543 g/mol. The number of aromatic nitrogens is 1. The lowest BCUT2D eigenvalue weighted by Crippen LogP contribution is -2.27. The van der Waals surface area contributed by atoms with Crippen LogP contribution in [0.25, 0.3) is 28.2 Å². The Morgan fingerprint density at radius 3 is 2.67 bits per heavy atom. The number of ether oxygens (including phenoxy) is 1. The van der Waals surface area contributed by atoms with Crippen LogP contribution in [0.3, 0.4) is 0 Å². The van der Waals surface area contributed by atoms with Gasteiger partial charge in [-0.15, -0.1) is 0 Å². The molecule has 6 rings (SSSR count). The van der Waals surface area contributed by atoms with Crippen molar-refractivity contribution in [2.24, 2.45) is 0 Å². The van der Waals surface area contributed by atoms with E-state index < -0.39 is 0 Å². The Kier molecular flexibility index (Phi) is 7.23. The van der Waals surface area contributed by atoms with Crippen molar-refractivity contribution < 1.29 is 14.3 Å². The summed E-state index contributed by atoms with van der Waals surface area (Å²) in [6.07, 6.45) is 11.9. The van der Waals surface area contributed by atoms with Crippen molar-refractivity contribution in [1.82, 2.24) is 18.9 Å². The third kappa shape index (κ3) is 4.99. The van der Waals surface area contributed by atoms with Crippen molar-refractivity contribution >= 4 is 40.9 Å². The van der Waals surface area contributed by atoms with E-state index in [0.717, 1.165) is 40.9 Å². The Bertz CT molecular complexity index is 1500.